The molecule has 0 aromatic carbocycles. The average Bonchev–Trinajstić information content (AvgIpc) is 2.12. The molecule has 0 bridgehead atoms. The Bertz CT molecular complexity index is 193. The van der Waals surface area contributed by atoms with Gasteiger partial charge in [0.15, 0.2) is 0 Å². The molecule has 1 atom stereocenters. The van der Waals surface area contributed by atoms with Crippen molar-refractivity contribution >= 4 is 11.9 Å². The maximum Gasteiger partial charge on any atom is 0.303 e. The van der Waals surface area contributed by atoms with Crippen molar-refractivity contribution in [1.29, 1.82) is 0 Å². The molecule has 0 radical (unpaired) electrons. The molecule has 5 nitrogen and oxygen atoms in total. The van der Waals surface area contributed by atoms with E-state index < -0.39 is 11.9 Å². The van der Waals surface area contributed by atoms with Gasteiger partial charge in [-0.15, -0.1) is 0 Å². The Balaban J connectivity index is 3.71. The summed E-state index contributed by atoms with van der Waals surface area (Å²) in [5.41, 5.74) is 0. The van der Waals surface area contributed by atoms with Crippen LogP contribution in [0.1, 0.15) is 26.2 Å². The van der Waals surface area contributed by atoms with Gasteiger partial charge in [-0.1, -0.05) is 6.92 Å². The van der Waals surface area contributed by atoms with Crippen LogP contribution in [0.15, 0.2) is 0 Å². The van der Waals surface area contributed by atoms with E-state index in [0.29, 0.717) is 6.42 Å². The smallest absolute Gasteiger partial charge is 0.303 e. The summed E-state index contributed by atoms with van der Waals surface area (Å²) in [4.78, 5) is 21.3. The molecule has 0 spiro atoms. The SMILES string of the molecule is CCCC(=O)NCC(CO)CC(=O)O. The Morgan fingerprint density at radius 1 is 1.43 bits per heavy atom. The van der Waals surface area contributed by atoms with Gasteiger partial charge < -0.3 is 15.5 Å². The second-order valence-corrected chi connectivity index (χ2v) is 3.20. The van der Waals surface area contributed by atoms with Gasteiger partial charge in [-0.05, 0) is 6.42 Å². The number of carboxylic acid groups (broad SMARTS) is 1. The summed E-state index contributed by atoms with van der Waals surface area (Å²) >= 11 is 0. The van der Waals surface area contributed by atoms with Crippen LogP contribution in [0.25, 0.3) is 0 Å². The van der Waals surface area contributed by atoms with Gasteiger partial charge in [-0.2, -0.15) is 0 Å². The fraction of sp³-hybridized carbons (Fsp3) is 0.778. The van der Waals surface area contributed by atoms with E-state index in [1.54, 1.807) is 0 Å². The van der Waals surface area contributed by atoms with Crippen LogP contribution in [0, 0.1) is 5.92 Å². The van der Waals surface area contributed by atoms with Crippen LogP contribution in [-0.2, 0) is 9.59 Å². The number of hydrogen-bond donors (Lipinski definition) is 3. The van der Waals surface area contributed by atoms with Crippen molar-refractivity contribution in [2.45, 2.75) is 26.2 Å². The van der Waals surface area contributed by atoms with E-state index in [0.717, 1.165) is 6.42 Å². The molecule has 0 aliphatic rings. The van der Waals surface area contributed by atoms with Crippen molar-refractivity contribution in [3.63, 3.8) is 0 Å². The molecular formula is C9H17NO4. The molecule has 14 heavy (non-hydrogen) atoms. The summed E-state index contributed by atoms with van der Waals surface area (Å²) in [5, 5.41) is 19.8. The molecule has 0 aromatic heterocycles. The second kappa shape index (κ2) is 7.32. The molecule has 0 saturated carbocycles. The van der Waals surface area contributed by atoms with E-state index in [2.05, 4.69) is 5.32 Å². The van der Waals surface area contributed by atoms with Crippen LogP contribution in [-0.4, -0.2) is 35.2 Å². The first kappa shape index (κ1) is 12.9. The predicted octanol–water partition coefficient (Wildman–Crippen LogP) is -0.0141. The number of carbonyl (C=O) groups excluding carboxylic acids is 1. The highest BCUT2D eigenvalue weighted by Gasteiger charge is 2.12. The molecule has 82 valence electrons. The number of amides is 1. The number of aliphatic hydroxyl groups excluding tert-OH is 1. The van der Waals surface area contributed by atoms with Crippen LogP contribution in [0.5, 0.6) is 0 Å². The van der Waals surface area contributed by atoms with E-state index in [9.17, 15) is 9.59 Å². The molecule has 3 N–H and O–H groups in total. The summed E-state index contributed by atoms with van der Waals surface area (Å²) in [5.74, 6) is -1.46. The van der Waals surface area contributed by atoms with E-state index in [4.69, 9.17) is 10.2 Å². The van der Waals surface area contributed by atoms with Gasteiger partial charge in [0.25, 0.3) is 0 Å². The third-order valence-corrected chi connectivity index (χ3v) is 1.79. The summed E-state index contributed by atoms with van der Waals surface area (Å²) in [7, 11) is 0. The van der Waals surface area contributed by atoms with Crippen molar-refractivity contribution in [2.75, 3.05) is 13.2 Å². The van der Waals surface area contributed by atoms with Gasteiger partial charge in [0.2, 0.25) is 5.91 Å². The quantitative estimate of drug-likeness (QED) is 0.543. The lowest BCUT2D eigenvalue weighted by Crippen LogP contribution is -2.31. The zero-order valence-electron chi connectivity index (χ0n) is 8.32. The van der Waals surface area contributed by atoms with E-state index in [1.807, 2.05) is 6.92 Å². The zero-order chi connectivity index (χ0) is 11.0. The molecule has 1 unspecified atom stereocenters. The summed E-state index contributed by atoms with van der Waals surface area (Å²) < 4.78 is 0. The predicted molar refractivity (Wildman–Crippen MR) is 50.7 cm³/mol. The van der Waals surface area contributed by atoms with Gasteiger partial charge in [-0.3, -0.25) is 9.59 Å². The first-order chi connectivity index (χ1) is 6.60. The minimum atomic E-state index is -0.964. The van der Waals surface area contributed by atoms with E-state index in [1.165, 1.54) is 0 Å². The fourth-order valence-electron chi connectivity index (χ4n) is 1.02. The first-order valence-electron chi connectivity index (χ1n) is 4.69. The molecule has 0 aliphatic heterocycles. The number of aliphatic carboxylic acids is 1. The van der Waals surface area contributed by atoms with Gasteiger partial charge in [-0.25, -0.2) is 0 Å². The van der Waals surface area contributed by atoms with Crippen LogP contribution < -0.4 is 5.32 Å². The number of rotatable bonds is 7. The number of carbonyl (C=O) groups is 2. The van der Waals surface area contributed by atoms with Crippen LogP contribution in [0.4, 0.5) is 0 Å². The maximum atomic E-state index is 11.0. The number of hydrogen-bond acceptors (Lipinski definition) is 3. The molecule has 5 heteroatoms. The molecular weight excluding hydrogens is 186 g/mol. The summed E-state index contributed by atoms with van der Waals surface area (Å²) in [6, 6.07) is 0. The number of nitrogens with one attached hydrogen (secondary N) is 1. The van der Waals surface area contributed by atoms with Crippen LogP contribution >= 0.6 is 0 Å². The first-order valence-corrected chi connectivity index (χ1v) is 4.69. The molecule has 1 amide bonds. The molecule has 0 rings (SSSR count). The van der Waals surface area contributed by atoms with Gasteiger partial charge in [0.05, 0.1) is 6.42 Å². The molecule has 0 aliphatic carbocycles. The van der Waals surface area contributed by atoms with E-state index in [-0.39, 0.29) is 25.5 Å². The van der Waals surface area contributed by atoms with Gasteiger partial charge >= 0.3 is 5.97 Å². The number of carboxylic acids is 1. The Labute approximate surface area is 83.1 Å². The van der Waals surface area contributed by atoms with Gasteiger partial charge in [0.1, 0.15) is 0 Å². The van der Waals surface area contributed by atoms with E-state index >= 15 is 0 Å². The monoisotopic (exact) mass is 203 g/mol. The molecule has 0 fully saturated rings. The minimum absolute atomic E-state index is 0.101. The lowest BCUT2D eigenvalue weighted by atomic mass is 10.1. The van der Waals surface area contributed by atoms with Crippen LogP contribution in [0.2, 0.25) is 0 Å². The van der Waals surface area contributed by atoms with Crippen molar-refractivity contribution in [3.8, 4) is 0 Å². The fourth-order valence-corrected chi connectivity index (χ4v) is 1.02. The highest BCUT2D eigenvalue weighted by molar-refractivity contribution is 5.75. The zero-order valence-corrected chi connectivity index (χ0v) is 8.32. The van der Waals surface area contributed by atoms with Crippen molar-refractivity contribution < 1.29 is 19.8 Å². The maximum absolute atomic E-state index is 11.0. The van der Waals surface area contributed by atoms with Crippen LogP contribution in [0.3, 0.4) is 0 Å². The Kier molecular flexibility index (Phi) is 6.74. The molecule has 0 heterocycles. The second-order valence-electron chi connectivity index (χ2n) is 3.20. The highest BCUT2D eigenvalue weighted by atomic mass is 16.4. The van der Waals surface area contributed by atoms with Crippen molar-refractivity contribution in [1.82, 2.24) is 5.32 Å². The summed E-state index contributed by atoms with van der Waals surface area (Å²) in [6.07, 6.45) is 1.07. The minimum Gasteiger partial charge on any atom is -0.481 e. The van der Waals surface area contributed by atoms with Crippen molar-refractivity contribution in [2.24, 2.45) is 5.92 Å². The molecule has 0 saturated heterocycles. The normalized spacial score (nSPS) is 12.1. The lowest BCUT2D eigenvalue weighted by molar-refractivity contribution is -0.138. The third kappa shape index (κ3) is 6.42. The number of aliphatic hydroxyl groups is 1. The van der Waals surface area contributed by atoms with Gasteiger partial charge in [0, 0.05) is 25.5 Å². The lowest BCUT2D eigenvalue weighted by Gasteiger charge is -2.12. The summed E-state index contributed by atoms with van der Waals surface area (Å²) in [6.45, 7) is 1.89. The largest absolute Gasteiger partial charge is 0.481 e. The standard InChI is InChI=1S/C9H17NO4/c1-2-3-8(12)10-5-7(6-11)4-9(13)14/h7,11H,2-6H2,1H3,(H,10,12)(H,13,14). The molecule has 0 aromatic rings. The topological polar surface area (TPSA) is 86.6 Å². The third-order valence-electron chi connectivity index (χ3n) is 1.79. The Morgan fingerprint density at radius 2 is 2.07 bits per heavy atom. The average molecular weight is 203 g/mol. The highest BCUT2D eigenvalue weighted by Crippen LogP contribution is 2.00. The Hall–Kier alpha value is -1.10. The Morgan fingerprint density at radius 3 is 2.50 bits per heavy atom. The van der Waals surface area contributed by atoms with Crippen molar-refractivity contribution in [3.05, 3.63) is 0 Å².